The molecule has 0 bridgehead atoms. The zero-order valence-electron chi connectivity index (χ0n) is 19.0. The van der Waals surface area contributed by atoms with Crippen LogP contribution in [0.2, 0.25) is 0 Å². The van der Waals surface area contributed by atoms with Gasteiger partial charge >= 0.3 is 11.9 Å². The van der Waals surface area contributed by atoms with Crippen molar-refractivity contribution in [2.45, 2.75) is 89.1 Å². The second-order valence-electron chi connectivity index (χ2n) is 10.2. The summed E-state index contributed by atoms with van der Waals surface area (Å²) in [7, 11) is 0. The molecule has 176 valence electrons. The molecule has 8 atom stereocenters. The summed E-state index contributed by atoms with van der Waals surface area (Å²) in [5.74, 6) is -1.53. The molecule has 2 aliphatic carbocycles. The van der Waals surface area contributed by atoms with E-state index in [1.807, 2.05) is 13.0 Å². The molecule has 0 radical (unpaired) electrons. The highest BCUT2D eigenvalue weighted by atomic mass is 16.6. The van der Waals surface area contributed by atoms with Gasteiger partial charge in [0.05, 0.1) is 18.5 Å². The van der Waals surface area contributed by atoms with E-state index >= 15 is 0 Å². The second kappa shape index (κ2) is 9.20. The molecule has 0 aromatic rings. The van der Waals surface area contributed by atoms with E-state index in [1.165, 1.54) is 0 Å². The van der Waals surface area contributed by atoms with Crippen molar-refractivity contribution in [2.24, 2.45) is 29.2 Å². The van der Waals surface area contributed by atoms with E-state index in [9.17, 15) is 19.6 Å². The lowest BCUT2D eigenvalue weighted by atomic mass is 9.78. The lowest BCUT2D eigenvalue weighted by Gasteiger charge is -2.36. The van der Waals surface area contributed by atoms with Crippen LogP contribution < -0.4 is 11.5 Å². The number of nitriles is 1. The number of carbonyl (C=O) groups is 3. The molecule has 1 saturated carbocycles. The van der Waals surface area contributed by atoms with Crippen LogP contribution in [0.5, 0.6) is 0 Å². The number of hydrogen-bond donors (Lipinski definition) is 3. The molecule has 3 rings (SSSR count). The zero-order valence-corrected chi connectivity index (χ0v) is 19.0. The van der Waals surface area contributed by atoms with Crippen molar-refractivity contribution in [1.82, 2.24) is 4.90 Å². The Bertz CT molecular complexity index is 852. The molecule has 32 heavy (non-hydrogen) atoms. The van der Waals surface area contributed by atoms with Gasteiger partial charge in [-0.3, -0.25) is 14.4 Å². The van der Waals surface area contributed by atoms with Crippen molar-refractivity contribution < 1.29 is 24.2 Å². The van der Waals surface area contributed by atoms with Gasteiger partial charge < -0.3 is 26.2 Å². The SMILES string of the molecule is CC1CC(CC(C)C(N)C(=O)N2C(C#N)CC3CC32)=CC(C)(OC(=O)C(N)CC(=O)O)C1. The lowest BCUT2D eigenvalue weighted by molar-refractivity contribution is -0.159. The van der Waals surface area contributed by atoms with E-state index in [4.69, 9.17) is 21.3 Å². The standard InChI is InChI=1S/C23H34N4O5/c1-12-4-14(10-23(3,9-12)32-22(31)17(25)8-19(28)29)5-13(2)20(26)21(30)27-16(11-24)6-15-7-18(15)27/h10,12-13,15-18,20H,4-9,25-26H2,1-3H3,(H,28,29). The molecule has 1 amide bonds. The Morgan fingerprint density at radius 3 is 2.69 bits per heavy atom. The number of amides is 1. The molecule has 9 heteroatoms. The lowest BCUT2D eigenvalue weighted by Crippen LogP contribution is -2.50. The normalized spacial score (nSPS) is 33.9. The smallest absolute Gasteiger partial charge is 0.324 e. The number of aliphatic carboxylic acids is 1. The van der Waals surface area contributed by atoms with Gasteiger partial charge in [-0.25, -0.2) is 0 Å². The van der Waals surface area contributed by atoms with Crippen LogP contribution in [0.25, 0.3) is 0 Å². The molecular formula is C23H34N4O5. The van der Waals surface area contributed by atoms with Crippen molar-refractivity contribution in [3.8, 4) is 6.07 Å². The summed E-state index contributed by atoms with van der Waals surface area (Å²) in [5, 5.41) is 18.2. The van der Waals surface area contributed by atoms with E-state index < -0.39 is 36.0 Å². The number of esters is 1. The van der Waals surface area contributed by atoms with Crippen molar-refractivity contribution in [3.05, 3.63) is 11.6 Å². The first-order chi connectivity index (χ1) is 14.9. The Labute approximate surface area is 188 Å². The highest BCUT2D eigenvalue weighted by Gasteiger charge is 2.55. The van der Waals surface area contributed by atoms with Crippen molar-refractivity contribution in [2.75, 3.05) is 0 Å². The number of nitrogens with two attached hydrogens (primary N) is 2. The summed E-state index contributed by atoms with van der Waals surface area (Å²) in [4.78, 5) is 37.8. The van der Waals surface area contributed by atoms with Crippen molar-refractivity contribution in [3.63, 3.8) is 0 Å². The third kappa shape index (κ3) is 5.30. The summed E-state index contributed by atoms with van der Waals surface area (Å²) >= 11 is 0. The minimum atomic E-state index is -1.22. The molecule has 3 aliphatic rings. The van der Waals surface area contributed by atoms with Crippen LogP contribution in [0.3, 0.4) is 0 Å². The van der Waals surface area contributed by atoms with Gasteiger partial charge in [0.15, 0.2) is 0 Å². The molecule has 2 fully saturated rings. The number of likely N-dealkylation sites (tertiary alicyclic amines) is 1. The largest absolute Gasteiger partial charge is 0.481 e. The van der Waals surface area contributed by atoms with E-state index in [0.29, 0.717) is 18.8 Å². The number of ether oxygens (including phenoxy) is 1. The minimum absolute atomic E-state index is 0.148. The number of piperidine rings is 1. The molecule has 1 heterocycles. The Kier molecular flexibility index (Phi) is 6.96. The molecule has 0 aromatic heterocycles. The maximum absolute atomic E-state index is 13.0. The van der Waals surface area contributed by atoms with Gasteiger partial charge in [0, 0.05) is 6.04 Å². The fourth-order valence-electron chi connectivity index (χ4n) is 5.40. The van der Waals surface area contributed by atoms with Crippen LogP contribution in [0.4, 0.5) is 0 Å². The highest BCUT2D eigenvalue weighted by molar-refractivity contribution is 5.84. The second-order valence-corrected chi connectivity index (χ2v) is 10.2. The van der Waals surface area contributed by atoms with E-state index in [-0.39, 0.29) is 29.8 Å². The molecule has 9 nitrogen and oxygen atoms in total. The molecule has 5 N–H and O–H groups in total. The van der Waals surface area contributed by atoms with Crippen LogP contribution in [0.1, 0.15) is 59.3 Å². The van der Waals surface area contributed by atoms with E-state index in [0.717, 1.165) is 24.8 Å². The number of nitrogens with zero attached hydrogens (tertiary/aromatic N) is 2. The molecule has 1 saturated heterocycles. The number of carbonyl (C=O) groups excluding carboxylic acids is 2. The quantitative estimate of drug-likeness (QED) is 0.372. The number of hydrogen-bond acceptors (Lipinski definition) is 7. The monoisotopic (exact) mass is 446 g/mol. The zero-order chi connectivity index (χ0) is 23.8. The molecule has 0 spiro atoms. The highest BCUT2D eigenvalue weighted by Crippen LogP contribution is 2.48. The molecular weight excluding hydrogens is 412 g/mol. The third-order valence-corrected chi connectivity index (χ3v) is 6.90. The summed E-state index contributed by atoms with van der Waals surface area (Å²) in [5.41, 5.74) is 12.1. The Hall–Kier alpha value is -2.44. The fourth-order valence-corrected chi connectivity index (χ4v) is 5.40. The van der Waals surface area contributed by atoms with Gasteiger partial charge in [-0.05, 0) is 62.9 Å². The van der Waals surface area contributed by atoms with Gasteiger partial charge in [-0.2, -0.15) is 5.26 Å². The average Bonchev–Trinajstić information content (AvgIpc) is 3.34. The summed E-state index contributed by atoms with van der Waals surface area (Å²) in [6.07, 6.45) is 5.08. The van der Waals surface area contributed by atoms with Gasteiger partial charge in [-0.15, -0.1) is 0 Å². The summed E-state index contributed by atoms with van der Waals surface area (Å²) in [6.45, 7) is 5.77. The Morgan fingerprint density at radius 2 is 2.06 bits per heavy atom. The van der Waals surface area contributed by atoms with Crippen LogP contribution in [-0.2, 0) is 19.1 Å². The van der Waals surface area contributed by atoms with Gasteiger partial charge in [0.2, 0.25) is 5.91 Å². The first kappa shape index (κ1) is 24.2. The topological polar surface area (TPSA) is 160 Å². The predicted molar refractivity (Wildman–Crippen MR) is 116 cm³/mol. The summed E-state index contributed by atoms with van der Waals surface area (Å²) in [6, 6.07) is 0.0880. The van der Waals surface area contributed by atoms with Crippen LogP contribution in [0.15, 0.2) is 11.6 Å². The predicted octanol–water partition coefficient (Wildman–Crippen LogP) is 1.31. The van der Waals surface area contributed by atoms with E-state index in [1.54, 1.807) is 11.8 Å². The average molecular weight is 447 g/mol. The van der Waals surface area contributed by atoms with Crippen molar-refractivity contribution >= 4 is 17.8 Å². The number of allylic oxidation sites excluding steroid dienone is 1. The van der Waals surface area contributed by atoms with Crippen LogP contribution in [-0.4, -0.2) is 57.6 Å². The van der Waals surface area contributed by atoms with Crippen molar-refractivity contribution in [1.29, 1.82) is 5.26 Å². The van der Waals surface area contributed by atoms with Crippen LogP contribution >= 0.6 is 0 Å². The maximum atomic E-state index is 13.0. The Morgan fingerprint density at radius 1 is 1.38 bits per heavy atom. The van der Waals surface area contributed by atoms with Gasteiger partial charge in [-0.1, -0.05) is 19.4 Å². The molecule has 8 unspecified atom stereocenters. The minimum Gasteiger partial charge on any atom is -0.481 e. The maximum Gasteiger partial charge on any atom is 0.324 e. The number of fused-ring (bicyclic) bond motifs is 1. The van der Waals surface area contributed by atoms with E-state index in [2.05, 4.69) is 13.0 Å². The Balaban J connectivity index is 1.65. The van der Waals surface area contributed by atoms with Crippen LogP contribution in [0, 0.1) is 29.1 Å². The molecule has 1 aliphatic heterocycles. The fraction of sp³-hybridized carbons (Fsp3) is 0.739. The van der Waals surface area contributed by atoms with Gasteiger partial charge in [0.1, 0.15) is 17.7 Å². The number of carboxylic acid groups (broad SMARTS) is 1. The number of carboxylic acids is 1. The third-order valence-electron chi connectivity index (χ3n) is 6.90. The first-order valence-corrected chi connectivity index (χ1v) is 11.3. The molecule has 0 aromatic carbocycles. The first-order valence-electron chi connectivity index (χ1n) is 11.3. The van der Waals surface area contributed by atoms with Gasteiger partial charge in [0.25, 0.3) is 0 Å². The summed E-state index contributed by atoms with van der Waals surface area (Å²) < 4.78 is 5.62. The number of rotatable bonds is 8.